The summed E-state index contributed by atoms with van der Waals surface area (Å²) in [4.78, 5) is 15.2. The molecule has 0 aliphatic heterocycles. The van der Waals surface area contributed by atoms with Crippen molar-refractivity contribution < 1.29 is 9.53 Å². The van der Waals surface area contributed by atoms with E-state index >= 15 is 0 Å². The monoisotopic (exact) mass is 199 g/mol. The van der Waals surface area contributed by atoms with Gasteiger partial charge >= 0.3 is 5.97 Å². The summed E-state index contributed by atoms with van der Waals surface area (Å²) in [5.41, 5.74) is 0. The van der Waals surface area contributed by atoms with Crippen molar-refractivity contribution in [3.05, 3.63) is 0 Å². The van der Waals surface area contributed by atoms with Gasteiger partial charge in [0.2, 0.25) is 0 Å². The summed E-state index contributed by atoms with van der Waals surface area (Å²) in [6, 6.07) is 0.176. The van der Waals surface area contributed by atoms with Crippen LogP contribution in [0.4, 0.5) is 0 Å². The maximum atomic E-state index is 11.2. The van der Waals surface area contributed by atoms with Gasteiger partial charge in [0, 0.05) is 0 Å². The van der Waals surface area contributed by atoms with E-state index in [9.17, 15) is 4.79 Å². The molecule has 3 nitrogen and oxygen atoms in total. The van der Waals surface area contributed by atoms with Gasteiger partial charge in [-0.15, -0.1) is 0 Å². The van der Waals surface area contributed by atoms with Crippen molar-refractivity contribution >= 4 is 23.3 Å². The zero-order chi connectivity index (χ0) is 9.68. The van der Waals surface area contributed by atoms with Crippen LogP contribution in [0.5, 0.6) is 0 Å². The van der Waals surface area contributed by atoms with Crippen LogP contribution in [0.3, 0.4) is 0 Å². The predicted octanol–water partition coefficient (Wildman–Crippen LogP) is 1.82. The van der Waals surface area contributed by atoms with Crippen molar-refractivity contribution in [3.63, 3.8) is 0 Å². The molecule has 0 spiro atoms. The number of isothiocyanates is 1. The third-order valence-electron chi connectivity index (χ3n) is 2.42. The molecule has 1 rings (SSSR count). The average Bonchev–Trinajstić information content (AvgIpc) is 2.18. The highest BCUT2D eigenvalue weighted by Crippen LogP contribution is 2.26. The summed E-state index contributed by atoms with van der Waals surface area (Å²) in [5.74, 6) is -0.111. The molecule has 1 fully saturated rings. The smallest absolute Gasteiger partial charge is 0.308 e. The average molecular weight is 199 g/mol. The van der Waals surface area contributed by atoms with Gasteiger partial charge in [-0.3, -0.25) is 4.79 Å². The lowest BCUT2D eigenvalue weighted by Crippen LogP contribution is -2.25. The van der Waals surface area contributed by atoms with Crippen LogP contribution in [-0.2, 0) is 9.53 Å². The van der Waals surface area contributed by atoms with Gasteiger partial charge in [-0.2, -0.15) is 0 Å². The highest BCUT2D eigenvalue weighted by atomic mass is 32.1. The molecule has 1 aliphatic carbocycles. The number of ether oxygens (including phenoxy) is 1. The Morgan fingerprint density at radius 1 is 1.62 bits per heavy atom. The van der Waals surface area contributed by atoms with Crippen LogP contribution < -0.4 is 0 Å². The Bertz CT molecular complexity index is 236. The fraction of sp³-hybridized carbons (Fsp3) is 0.778. The quantitative estimate of drug-likeness (QED) is 0.387. The van der Waals surface area contributed by atoms with Gasteiger partial charge in [0.05, 0.1) is 24.2 Å². The molecule has 72 valence electrons. The van der Waals surface area contributed by atoms with Gasteiger partial charge in [0.1, 0.15) is 0 Å². The number of thiocarbonyl (C=S) groups is 1. The first kappa shape index (κ1) is 10.4. The summed E-state index contributed by atoms with van der Waals surface area (Å²) < 4.78 is 4.69. The van der Waals surface area contributed by atoms with Gasteiger partial charge in [-0.1, -0.05) is 6.42 Å². The molecule has 0 amide bonds. The number of nitrogens with zero attached hydrogens (tertiary/aromatic N) is 1. The van der Waals surface area contributed by atoms with Gasteiger partial charge in [0.25, 0.3) is 0 Å². The topological polar surface area (TPSA) is 38.7 Å². The number of carbonyl (C=O) groups is 1. The minimum Gasteiger partial charge on any atom is -0.469 e. The molecule has 0 aromatic heterocycles. The van der Waals surface area contributed by atoms with Gasteiger partial charge < -0.3 is 4.74 Å². The molecule has 4 heteroatoms. The SMILES string of the molecule is COC(=O)C1CCCC(N=C=S)C1. The fourth-order valence-corrected chi connectivity index (χ4v) is 1.89. The molecular formula is C9H13NO2S. The molecule has 0 N–H and O–H groups in total. The standard InChI is InChI=1S/C9H13NO2S/c1-12-9(11)7-3-2-4-8(5-7)10-6-13/h7-8H,2-5H2,1H3. The second kappa shape index (κ2) is 5.10. The van der Waals surface area contributed by atoms with Gasteiger partial charge in [-0.25, -0.2) is 4.99 Å². The summed E-state index contributed by atoms with van der Waals surface area (Å²) in [7, 11) is 1.43. The van der Waals surface area contributed by atoms with E-state index in [4.69, 9.17) is 0 Å². The molecule has 2 unspecified atom stereocenters. The van der Waals surface area contributed by atoms with Crippen LogP contribution in [0.15, 0.2) is 4.99 Å². The molecule has 0 aromatic carbocycles. The Labute approximate surface area is 83.2 Å². The third-order valence-corrected chi connectivity index (χ3v) is 2.52. The lowest BCUT2D eigenvalue weighted by atomic mass is 9.86. The minimum absolute atomic E-state index is 0.0100. The van der Waals surface area contributed by atoms with Crippen LogP contribution in [0.2, 0.25) is 0 Å². The van der Waals surface area contributed by atoms with Crippen LogP contribution in [0.25, 0.3) is 0 Å². The maximum Gasteiger partial charge on any atom is 0.308 e. The molecule has 0 aromatic rings. The summed E-state index contributed by atoms with van der Waals surface area (Å²) >= 11 is 4.53. The van der Waals surface area contributed by atoms with E-state index in [1.807, 2.05) is 0 Å². The van der Waals surface area contributed by atoms with E-state index in [1.165, 1.54) is 7.11 Å². The zero-order valence-corrected chi connectivity index (χ0v) is 8.47. The second-order valence-electron chi connectivity index (χ2n) is 3.26. The molecule has 0 saturated heterocycles. The molecule has 0 bridgehead atoms. The van der Waals surface area contributed by atoms with Crippen molar-refractivity contribution in [1.82, 2.24) is 0 Å². The normalized spacial score (nSPS) is 27.5. The number of aliphatic imine (C=N–C) groups is 1. The summed E-state index contributed by atoms with van der Waals surface area (Å²) in [5, 5.41) is 2.37. The van der Waals surface area contributed by atoms with Crippen molar-refractivity contribution in [1.29, 1.82) is 0 Å². The van der Waals surface area contributed by atoms with Crippen LogP contribution in [-0.4, -0.2) is 24.3 Å². The van der Waals surface area contributed by atoms with Crippen LogP contribution in [0, 0.1) is 5.92 Å². The highest BCUT2D eigenvalue weighted by Gasteiger charge is 2.27. The first-order chi connectivity index (χ1) is 6.27. The van der Waals surface area contributed by atoms with E-state index in [0.29, 0.717) is 0 Å². The van der Waals surface area contributed by atoms with Crippen molar-refractivity contribution in [2.24, 2.45) is 10.9 Å². The van der Waals surface area contributed by atoms with E-state index in [-0.39, 0.29) is 17.9 Å². The second-order valence-corrected chi connectivity index (χ2v) is 3.44. The molecular weight excluding hydrogens is 186 g/mol. The lowest BCUT2D eigenvalue weighted by Gasteiger charge is -2.23. The Kier molecular flexibility index (Phi) is 4.06. The van der Waals surface area contributed by atoms with E-state index in [1.54, 1.807) is 0 Å². The Balaban J connectivity index is 2.50. The number of hydrogen-bond donors (Lipinski definition) is 0. The zero-order valence-electron chi connectivity index (χ0n) is 7.66. The minimum atomic E-state index is -0.121. The Morgan fingerprint density at radius 3 is 3.00 bits per heavy atom. The van der Waals surface area contributed by atoms with Gasteiger partial charge in [-0.05, 0) is 31.5 Å². The molecule has 1 saturated carbocycles. The maximum absolute atomic E-state index is 11.2. The van der Waals surface area contributed by atoms with E-state index < -0.39 is 0 Å². The van der Waals surface area contributed by atoms with E-state index in [2.05, 4.69) is 27.1 Å². The molecule has 0 radical (unpaired) electrons. The number of methoxy groups -OCH3 is 1. The Hall–Kier alpha value is -0.730. The van der Waals surface area contributed by atoms with Gasteiger partial charge in [0.15, 0.2) is 0 Å². The third kappa shape index (κ3) is 2.90. The number of carbonyl (C=O) groups excluding carboxylic acids is 1. The molecule has 2 atom stereocenters. The lowest BCUT2D eigenvalue weighted by molar-refractivity contribution is -0.146. The van der Waals surface area contributed by atoms with Crippen molar-refractivity contribution in [2.75, 3.05) is 7.11 Å². The highest BCUT2D eigenvalue weighted by molar-refractivity contribution is 7.78. The predicted molar refractivity (Wildman–Crippen MR) is 52.8 cm³/mol. The Morgan fingerprint density at radius 2 is 2.38 bits per heavy atom. The fourth-order valence-electron chi connectivity index (χ4n) is 1.74. The molecule has 1 aliphatic rings. The number of hydrogen-bond acceptors (Lipinski definition) is 4. The van der Waals surface area contributed by atoms with Crippen molar-refractivity contribution in [3.8, 4) is 0 Å². The van der Waals surface area contributed by atoms with Crippen LogP contribution >= 0.6 is 12.2 Å². The van der Waals surface area contributed by atoms with E-state index in [0.717, 1.165) is 25.7 Å². The summed E-state index contributed by atoms with van der Waals surface area (Å²) in [6.45, 7) is 0. The molecule has 0 heterocycles. The van der Waals surface area contributed by atoms with Crippen LogP contribution in [0.1, 0.15) is 25.7 Å². The van der Waals surface area contributed by atoms with Crippen molar-refractivity contribution in [2.45, 2.75) is 31.7 Å². The molecule has 13 heavy (non-hydrogen) atoms. The summed E-state index contributed by atoms with van der Waals surface area (Å²) in [6.07, 6.45) is 3.70. The number of rotatable bonds is 2. The number of esters is 1. The first-order valence-corrected chi connectivity index (χ1v) is 4.83. The first-order valence-electron chi connectivity index (χ1n) is 4.42. The largest absolute Gasteiger partial charge is 0.469 e.